The Kier molecular flexibility index (Phi) is 3.89. The number of para-hydroxylation sites is 1. The first-order chi connectivity index (χ1) is 10.7. The highest BCUT2D eigenvalue weighted by molar-refractivity contribution is 5.77. The van der Waals surface area contributed by atoms with E-state index in [9.17, 15) is 4.79 Å². The van der Waals surface area contributed by atoms with Gasteiger partial charge in [-0.1, -0.05) is 12.1 Å². The van der Waals surface area contributed by atoms with Crippen LogP contribution < -0.4 is 15.6 Å². The van der Waals surface area contributed by atoms with E-state index in [-0.39, 0.29) is 5.56 Å². The summed E-state index contributed by atoms with van der Waals surface area (Å²) in [7, 11) is 3.45. The fourth-order valence-electron chi connectivity index (χ4n) is 2.45. The Morgan fingerprint density at radius 3 is 2.55 bits per heavy atom. The lowest BCUT2D eigenvalue weighted by atomic mass is 10.2. The van der Waals surface area contributed by atoms with Crippen molar-refractivity contribution in [1.29, 1.82) is 0 Å². The number of methoxy groups -OCH3 is 1. The molecule has 5 heteroatoms. The zero-order chi connectivity index (χ0) is 15.5. The Balaban J connectivity index is 2.27. The molecule has 0 radical (unpaired) electrons. The van der Waals surface area contributed by atoms with Crippen molar-refractivity contribution in [2.45, 2.75) is 6.54 Å². The molecule has 2 aromatic carbocycles. The first-order valence-corrected chi connectivity index (χ1v) is 7.04. The van der Waals surface area contributed by atoms with E-state index in [4.69, 9.17) is 4.74 Å². The molecule has 1 N–H and O–H groups in total. The van der Waals surface area contributed by atoms with Gasteiger partial charge in [0.25, 0.3) is 5.56 Å². The van der Waals surface area contributed by atoms with Crippen LogP contribution >= 0.6 is 0 Å². The molecule has 0 atom stereocenters. The monoisotopic (exact) mass is 295 g/mol. The van der Waals surface area contributed by atoms with Crippen molar-refractivity contribution in [3.63, 3.8) is 0 Å². The van der Waals surface area contributed by atoms with Crippen LogP contribution in [0.25, 0.3) is 16.6 Å². The van der Waals surface area contributed by atoms with Crippen LogP contribution in [0.4, 0.5) is 0 Å². The van der Waals surface area contributed by atoms with Gasteiger partial charge in [-0.2, -0.15) is 0 Å². The highest BCUT2D eigenvalue weighted by Crippen LogP contribution is 2.16. The average molecular weight is 295 g/mol. The summed E-state index contributed by atoms with van der Waals surface area (Å²) in [5.41, 5.74) is 1.41. The van der Waals surface area contributed by atoms with Gasteiger partial charge in [0.1, 0.15) is 11.6 Å². The van der Waals surface area contributed by atoms with E-state index in [1.807, 2.05) is 49.5 Å². The van der Waals surface area contributed by atoms with Crippen LogP contribution in [-0.2, 0) is 6.54 Å². The van der Waals surface area contributed by atoms with E-state index >= 15 is 0 Å². The lowest BCUT2D eigenvalue weighted by Crippen LogP contribution is -2.26. The van der Waals surface area contributed by atoms with Gasteiger partial charge in [-0.05, 0) is 43.4 Å². The van der Waals surface area contributed by atoms with Crippen molar-refractivity contribution in [3.8, 4) is 11.4 Å². The molecule has 0 aliphatic carbocycles. The summed E-state index contributed by atoms with van der Waals surface area (Å²) < 4.78 is 6.81. The number of rotatable bonds is 4. The fraction of sp³-hybridized carbons (Fsp3) is 0.176. The Morgan fingerprint density at radius 2 is 1.86 bits per heavy atom. The van der Waals surface area contributed by atoms with Crippen LogP contribution in [0.3, 0.4) is 0 Å². The second-order valence-electron chi connectivity index (χ2n) is 4.91. The summed E-state index contributed by atoms with van der Waals surface area (Å²) >= 11 is 0. The molecule has 1 aromatic heterocycles. The topological polar surface area (TPSA) is 56.2 Å². The number of hydrogen-bond acceptors (Lipinski definition) is 4. The molecule has 0 amide bonds. The van der Waals surface area contributed by atoms with Crippen LogP contribution in [0, 0.1) is 0 Å². The van der Waals surface area contributed by atoms with Gasteiger partial charge in [0.05, 0.1) is 30.2 Å². The van der Waals surface area contributed by atoms with Gasteiger partial charge in [0.2, 0.25) is 0 Å². The van der Waals surface area contributed by atoms with Gasteiger partial charge in [0.15, 0.2) is 0 Å². The van der Waals surface area contributed by atoms with E-state index in [1.54, 1.807) is 17.7 Å². The smallest absolute Gasteiger partial charge is 0.266 e. The van der Waals surface area contributed by atoms with Gasteiger partial charge >= 0.3 is 0 Å². The Bertz CT molecular complexity index is 854. The van der Waals surface area contributed by atoms with E-state index < -0.39 is 0 Å². The van der Waals surface area contributed by atoms with E-state index in [0.717, 1.165) is 11.4 Å². The molecule has 112 valence electrons. The highest BCUT2D eigenvalue weighted by Gasteiger charge is 2.12. The van der Waals surface area contributed by atoms with E-state index in [2.05, 4.69) is 10.3 Å². The number of aromatic nitrogens is 2. The van der Waals surface area contributed by atoms with Crippen molar-refractivity contribution >= 4 is 10.9 Å². The molecule has 22 heavy (non-hydrogen) atoms. The number of fused-ring (bicyclic) bond motifs is 1. The Hall–Kier alpha value is -2.66. The summed E-state index contributed by atoms with van der Waals surface area (Å²) in [5, 5.41) is 3.67. The summed E-state index contributed by atoms with van der Waals surface area (Å²) in [6.45, 7) is 0.506. The molecule has 0 saturated carbocycles. The van der Waals surface area contributed by atoms with Crippen molar-refractivity contribution in [3.05, 3.63) is 64.7 Å². The molecule has 0 spiro atoms. The van der Waals surface area contributed by atoms with Crippen molar-refractivity contribution in [2.24, 2.45) is 0 Å². The molecule has 0 aliphatic heterocycles. The van der Waals surface area contributed by atoms with Crippen LogP contribution in [0.15, 0.2) is 53.3 Å². The number of nitrogens with one attached hydrogen (secondary N) is 1. The van der Waals surface area contributed by atoms with Crippen LogP contribution in [0.1, 0.15) is 5.82 Å². The number of benzene rings is 2. The van der Waals surface area contributed by atoms with Gasteiger partial charge < -0.3 is 10.1 Å². The maximum atomic E-state index is 12.8. The highest BCUT2D eigenvalue weighted by atomic mass is 16.5. The minimum absolute atomic E-state index is 0.0685. The van der Waals surface area contributed by atoms with E-state index in [1.165, 1.54) is 0 Å². The molecule has 3 aromatic rings. The quantitative estimate of drug-likeness (QED) is 0.801. The SMILES string of the molecule is CNCc1nc2ccccc2c(=O)n1-c1ccc(OC)cc1. The largest absolute Gasteiger partial charge is 0.497 e. The zero-order valence-corrected chi connectivity index (χ0v) is 12.5. The van der Waals surface area contributed by atoms with Gasteiger partial charge in [-0.25, -0.2) is 4.98 Å². The molecule has 0 saturated heterocycles. The second-order valence-corrected chi connectivity index (χ2v) is 4.91. The van der Waals surface area contributed by atoms with Gasteiger partial charge in [-0.3, -0.25) is 9.36 Å². The zero-order valence-electron chi connectivity index (χ0n) is 12.5. The van der Waals surface area contributed by atoms with Crippen molar-refractivity contribution in [1.82, 2.24) is 14.9 Å². The summed E-state index contributed by atoms with van der Waals surface area (Å²) in [6.07, 6.45) is 0. The van der Waals surface area contributed by atoms with Gasteiger partial charge in [0, 0.05) is 0 Å². The fourth-order valence-corrected chi connectivity index (χ4v) is 2.45. The maximum absolute atomic E-state index is 12.8. The van der Waals surface area contributed by atoms with Crippen molar-refractivity contribution < 1.29 is 4.74 Å². The average Bonchev–Trinajstić information content (AvgIpc) is 2.56. The lowest BCUT2D eigenvalue weighted by Gasteiger charge is -2.13. The van der Waals surface area contributed by atoms with Gasteiger partial charge in [-0.15, -0.1) is 0 Å². The summed E-state index contributed by atoms with van der Waals surface area (Å²) in [4.78, 5) is 17.5. The summed E-state index contributed by atoms with van der Waals surface area (Å²) in [6, 6.07) is 14.8. The van der Waals surface area contributed by atoms with Crippen LogP contribution in [0.5, 0.6) is 5.75 Å². The van der Waals surface area contributed by atoms with Crippen molar-refractivity contribution in [2.75, 3.05) is 14.2 Å². The molecular formula is C17H17N3O2. The minimum Gasteiger partial charge on any atom is -0.497 e. The third-order valence-corrected chi connectivity index (χ3v) is 3.51. The van der Waals surface area contributed by atoms with Crippen LogP contribution in [-0.4, -0.2) is 23.7 Å². The number of nitrogens with zero attached hydrogens (tertiary/aromatic N) is 2. The molecule has 0 bridgehead atoms. The van der Waals surface area contributed by atoms with Crippen LogP contribution in [0.2, 0.25) is 0 Å². The lowest BCUT2D eigenvalue weighted by molar-refractivity contribution is 0.414. The number of hydrogen-bond donors (Lipinski definition) is 1. The predicted molar refractivity (Wildman–Crippen MR) is 86.7 cm³/mol. The molecule has 1 heterocycles. The number of ether oxygens (including phenoxy) is 1. The molecule has 5 nitrogen and oxygen atoms in total. The molecular weight excluding hydrogens is 278 g/mol. The maximum Gasteiger partial charge on any atom is 0.266 e. The predicted octanol–water partition coefficient (Wildman–Crippen LogP) is 2.11. The summed E-state index contributed by atoms with van der Waals surface area (Å²) in [5.74, 6) is 1.43. The van der Waals surface area contributed by atoms with E-state index in [0.29, 0.717) is 23.3 Å². The standard InChI is InChI=1S/C17H17N3O2/c1-18-11-16-19-15-6-4-3-5-14(15)17(21)20(16)12-7-9-13(22-2)10-8-12/h3-10,18H,11H2,1-2H3. The molecule has 3 rings (SSSR count). The third-order valence-electron chi connectivity index (χ3n) is 3.51. The first-order valence-electron chi connectivity index (χ1n) is 7.04. The Labute approximate surface area is 128 Å². The second kappa shape index (κ2) is 5.99. The molecule has 0 fully saturated rings. The minimum atomic E-state index is -0.0685. The third kappa shape index (κ3) is 2.46. The molecule has 0 unspecified atom stereocenters. The normalized spacial score (nSPS) is 10.8. The first kappa shape index (κ1) is 14.3. The molecule has 0 aliphatic rings. The Morgan fingerprint density at radius 1 is 1.14 bits per heavy atom.